The maximum Gasteiger partial charge on any atom is 0.253 e. The fourth-order valence-corrected chi connectivity index (χ4v) is 3.92. The summed E-state index contributed by atoms with van der Waals surface area (Å²) < 4.78 is 0. The standard InChI is InChI=1S/C24H30ClN3O2/c1-18(2)22(26-23(29)20-10-6-7-11-21(20)25)24(30)28-16-14-27(15-17-28)13-12-19-8-4-3-5-9-19/h3-11,18,22H,12-17H2,1-2H3,(H,26,29)/t22-/m0/s1. The van der Waals surface area contributed by atoms with Crippen molar-refractivity contribution < 1.29 is 9.59 Å². The lowest BCUT2D eigenvalue weighted by Crippen LogP contribution is -2.56. The van der Waals surface area contributed by atoms with Gasteiger partial charge in [0.1, 0.15) is 6.04 Å². The van der Waals surface area contributed by atoms with Crippen LogP contribution in [0.25, 0.3) is 0 Å². The molecule has 0 saturated carbocycles. The number of nitrogens with zero attached hydrogens (tertiary/aromatic N) is 2. The molecule has 1 heterocycles. The Bertz CT molecular complexity index is 849. The van der Waals surface area contributed by atoms with Crippen LogP contribution < -0.4 is 5.32 Å². The second-order valence-corrected chi connectivity index (χ2v) is 8.48. The summed E-state index contributed by atoms with van der Waals surface area (Å²) in [5.74, 6) is -0.345. The Kier molecular flexibility index (Phi) is 7.88. The fourth-order valence-electron chi connectivity index (χ4n) is 3.70. The van der Waals surface area contributed by atoms with E-state index in [0.717, 1.165) is 26.1 Å². The normalized spacial score (nSPS) is 15.8. The minimum absolute atomic E-state index is 0.0138. The van der Waals surface area contributed by atoms with E-state index in [1.54, 1.807) is 24.3 Å². The molecule has 30 heavy (non-hydrogen) atoms. The number of nitrogens with one attached hydrogen (secondary N) is 1. The monoisotopic (exact) mass is 427 g/mol. The Morgan fingerprint density at radius 1 is 0.967 bits per heavy atom. The number of carbonyl (C=O) groups excluding carboxylic acids is 2. The highest BCUT2D eigenvalue weighted by Gasteiger charge is 2.31. The first-order chi connectivity index (χ1) is 14.5. The Morgan fingerprint density at radius 3 is 2.23 bits per heavy atom. The van der Waals surface area contributed by atoms with Gasteiger partial charge in [-0.1, -0.05) is 67.9 Å². The van der Waals surface area contributed by atoms with E-state index < -0.39 is 6.04 Å². The average Bonchev–Trinajstić information content (AvgIpc) is 2.76. The third kappa shape index (κ3) is 5.83. The number of rotatable bonds is 7. The van der Waals surface area contributed by atoms with Crippen LogP contribution in [0.2, 0.25) is 5.02 Å². The summed E-state index contributed by atoms with van der Waals surface area (Å²) in [7, 11) is 0. The third-order valence-electron chi connectivity index (χ3n) is 5.58. The van der Waals surface area contributed by atoms with Gasteiger partial charge in [0.25, 0.3) is 5.91 Å². The van der Waals surface area contributed by atoms with Crippen LogP contribution in [0.15, 0.2) is 54.6 Å². The van der Waals surface area contributed by atoms with Crippen LogP contribution in [0.5, 0.6) is 0 Å². The van der Waals surface area contributed by atoms with Gasteiger partial charge in [0.05, 0.1) is 10.6 Å². The molecule has 1 aliphatic heterocycles. The van der Waals surface area contributed by atoms with Crippen LogP contribution in [0.4, 0.5) is 0 Å². The zero-order chi connectivity index (χ0) is 21.5. The number of piperazine rings is 1. The van der Waals surface area contributed by atoms with Gasteiger partial charge >= 0.3 is 0 Å². The number of hydrogen-bond acceptors (Lipinski definition) is 3. The second-order valence-electron chi connectivity index (χ2n) is 8.08. The Morgan fingerprint density at radius 2 is 1.60 bits per heavy atom. The predicted octanol–water partition coefficient (Wildman–Crippen LogP) is 3.48. The molecule has 1 aliphatic rings. The van der Waals surface area contributed by atoms with Gasteiger partial charge in [-0.2, -0.15) is 0 Å². The van der Waals surface area contributed by atoms with Gasteiger partial charge in [-0.25, -0.2) is 0 Å². The molecule has 0 spiro atoms. The molecule has 2 aromatic carbocycles. The van der Waals surface area contributed by atoms with Crippen molar-refractivity contribution in [1.29, 1.82) is 0 Å². The minimum Gasteiger partial charge on any atom is -0.340 e. The van der Waals surface area contributed by atoms with Crippen molar-refractivity contribution in [2.24, 2.45) is 5.92 Å². The molecule has 0 bridgehead atoms. The Labute approximate surface area is 184 Å². The van der Waals surface area contributed by atoms with Crippen molar-refractivity contribution >= 4 is 23.4 Å². The highest BCUT2D eigenvalue weighted by atomic mass is 35.5. The zero-order valence-electron chi connectivity index (χ0n) is 17.7. The van der Waals surface area contributed by atoms with E-state index in [4.69, 9.17) is 11.6 Å². The Hall–Kier alpha value is -2.37. The van der Waals surface area contributed by atoms with Crippen molar-refractivity contribution in [2.75, 3.05) is 32.7 Å². The van der Waals surface area contributed by atoms with E-state index in [-0.39, 0.29) is 17.7 Å². The molecule has 2 aromatic rings. The van der Waals surface area contributed by atoms with Crippen LogP contribution in [0.3, 0.4) is 0 Å². The summed E-state index contributed by atoms with van der Waals surface area (Å²) in [6.45, 7) is 7.95. The van der Waals surface area contributed by atoms with E-state index in [0.29, 0.717) is 23.7 Å². The topological polar surface area (TPSA) is 52.7 Å². The van der Waals surface area contributed by atoms with Gasteiger partial charge in [-0.3, -0.25) is 14.5 Å². The zero-order valence-corrected chi connectivity index (χ0v) is 18.4. The Balaban J connectivity index is 1.54. The summed E-state index contributed by atoms with van der Waals surface area (Å²) in [5.41, 5.74) is 1.72. The molecule has 0 aromatic heterocycles. The number of benzene rings is 2. The lowest BCUT2D eigenvalue weighted by Gasteiger charge is -2.37. The van der Waals surface area contributed by atoms with Gasteiger partial charge in [0.15, 0.2) is 0 Å². The highest BCUT2D eigenvalue weighted by Crippen LogP contribution is 2.16. The molecule has 0 radical (unpaired) electrons. The molecule has 160 valence electrons. The molecular formula is C24H30ClN3O2. The molecule has 6 heteroatoms. The summed E-state index contributed by atoms with van der Waals surface area (Å²) in [5, 5.41) is 3.29. The lowest BCUT2D eigenvalue weighted by molar-refractivity contribution is -0.136. The summed E-state index contributed by atoms with van der Waals surface area (Å²) in [4.78, 5) is 30.1. The molecule has 1 saturated heterocycles. The molecule has 5 nitrogen and oxygen atoms in total. The van der Waals surface area contributed by atoms with Gasteiger partial charge in [0.2, 0.25) is 5.91 Å². The molecule has 2 amide bonds. The minimum atomic E-state index is -0.565. The number of halogens is 1. The molecule has 3 rings (SSSR count). The first-order valence-corrected chi connectivity index (χ1v) is 10.9. The first-order valence-electron chi connectivity index (χ1n) is 10.6. The van der Waals surface area contributed by atoms with Crippen molar-refractivity contribution in [3.05, 3.63) is 70.7 Å². The summed E-state index contributed by atoms with van der Waals surface area (Å²) >= 11 is 6.14. The number of hydrogen-bond donors (Lipinski definition) is 1. The van der Waals surface area contributed by atoms with E-state index >= 15 is 0 Å². The van der Waals surface area contributed by atoms with Gasteiger partial charge in [0, 0.05) is 32.7 Å². The lowest BCUT2D eigenvalue weighted by atomic mass is 10.0. The smallest absolute Gasteiger partial charge is 0.253 e. The maximum absolute atomic E-state index is 13.1. The molecule has 1 atom stereocenters. The number of amides is 2. The highest BCUT2D eigenvalue weighted by molar-refractivity contribution is 6.33. The van der Waals surface area contributed by atoms with Crippen LogP contribution in [0.1, 0.15) is 29.8 Å². The quantitative estimate of drug-likeness (QED) is 0.736. The summed E-state index contributed by atoms with van der Waals surface area (Å²) in [6, 6.07) is 16.8. The van der Waals surface area contributed by atoms with Crippen molar-refractivity contribution in [1.82, 2.24) is 15.1 Å². The largest absolute Gasteiger partial charge is 0.340 e. The van der Waals surface area contributed by atoms with Crippen LogP contribution >= 0.6 is 11.6 Å². The summed E-state index contributed by atoms with van der Waals surface area (Å²) in [6.07, 6.45) is 1.01. The van der Waals surface area contributed by atoms with Crippen LogP contribution in [-0.2, 0) is 11.2 Å². The molecule has 1 fully saturated rings. The maximum atomic E-state index is 13.1. The van der Waals surface area contributed by atoms with Crippen molar-refractivity contribution in [2.45, 2.75) is 26.3 Å². The average molecular weight is 428 g/mol. The van der Waals surface area contributed by atoms with Crippen LogP contribution in [-0.4, -0.2) is 60.4 Å². The SMILES string of the molecule is CC(C)[C@H](NC(=O)c1ccccc1Cl)C(=O)N1CCN(CCc2ccccc2)CC1. The first kappa shape index (κ1) is 22.3. The third-order valence-corrected chi connectivity index (χ3v) is 5.91. The van der Waals surface area contributed by atoms with E-state index in [1.807, 2.05) is 24.8 Å². The second kappa shape index (κ2) is 10.6. The van der Waals surface area contributed by atoms with Gasteiger partial charge in [-0.15, -0.1) is 0 Å². The fraction of sp³-hybridized carbons (Fsp3) is 0.417. The van der Waals surface area contributed by atoms with E-state index in [1.165, 1.54) is 5.56 Å². The molecule has 1 N–H and O–H groups in total. The van der Waals surface area contributed by atoms with Crippen LogP contribution in [0, 0.1) is 5.92 Å². The van der Waals surface area contributed by atoms with E-state index in [2.05, 4.69) is 34.5 Å². The van der Waals surface area contributed by atoms with Crippen molar-refractivity contribution in [3.63, 3.8) is 0 Å². The van der Waals surface area contributed by atoms with Crippen molar-refractivity contribution in [3.8, 4) is 0 Å². The van der Waals surface area contributed by atoms with Gasteiger partial charge < -0.3 is 10.2 Å². The predicted molar refractivity (Wildman–Crippen MR) is 121 cm³/mol. The van der Waals surface area contributed by atoms with E-state index in [9.17, 15) is 9.59 Å². The molecule has 0 unspecified atom stereocenters. The molecule has 0 aliphatic carbocycles. The number of carbonyl (C=O) groups is 2. The molecular weight excluding hydrogens is 398 g/mol. The van der Waals surface area contributed by atoms with Gasteiger partial charge in [-0.05, 0) is 30.0 Å².